The Labute approximate surface area is 151 Å². The van der Waals surface area contributed by atoms with E-state index >= 15 is 0 Å². The van der Waals surface area contributed by atoms with Crippen molar-refractivity contribution in [1.29, 1.82) is 0 Å². The number of esters is 1. The lowest BCUT2D eigenvalue weighted by Crippen LogP contribution is -2.09. The van der Waals surface area contributed by atoms with Gasteiger partial charge in [-0.2, -0.15) is 0 Å². The monoisotopic (exact) mass is 354 g/mol. The van der Waals surface area contributed by atoms with E-state index in [1.807, 2.05) is 0 Å². The third-order valence-corrected chi connectivity index (χ3v) is 4.31. The molecule has 134 valence electrons. The molecule has 0 bridgehead atoms. The fourth-order valence-corrected chi connectivity index (χ4v) is 2.86. The minimum Gasteiger partial charge on any atom is -0.420 e. The van der Waals surface area contributed by atoms with Crippen LogP contribution in [0.15, 0.2) is 54.6 Å². The number of hydrogen-bond donors (Lipinski definition) is 0. The van der Waals surface area contributed by atoms with Gasteiger partial charge in [0.05, 0.1) is 5.56 Å². The molecule has 3 aromatic rings. The molecule has 0 aromatic heterocycles. The van der Waals surface area contributed by atoms with E-state index < -0.39 is 11.8 Å². The summed E-state index contributed by atoms with van der Waals surface area (Å²) in [4.78, 5) is 12.3. The second-order valence-corrected chi connectivity index (χ2v) is 6.32. The number of carbonyl (C=O) groups is 1. The molecule has 0 aliphatic rings. The number of rotatable bonds is 6. The zero-order valence-electron chi connectivity index (χ0n) is 14.6. The third kappa shape index (κ3) is 4.26. The SMILES string of the molecule is CCCCCc1ccc(OC(=O)c2ccc3cc(F)ccc3c2)c(F)c1. The van der Waals surface area contributed by atoms with E-state index in [0.29, 0.717) is 10.8 Å². The van der Waals surface area contributed by atoms with E-state index in [1.54, 1.807) is 30.3 Å². The molecule has 0 fully saturated rings. The zero-order chi connectivity index (χ0) is 18.5. The fraction of sp³-hybridized carbons (Fsp3) is 0.227. The maximum absolute atomic E-state index is 14.2. The molecule has 0 saturated heterocycles. The van der Waals surface area contributed by atoms with Crippen molar-refractivity contribution in [2.45, 2.75) is 32.6 Å². The van der Waals surface area contributed by atoms with Crippen molar-refractivity contribution in [2.24, 2.45) is 0 Å². The molecule has 0 unspecified atom stereocenters. The predicted molar refractivity (Wildman–Crippen MR) is 98.5 cm³/mol. The highest BCUT2D eigenvalue weighted by Gasteiger charge is 2.13. The number of ether oxygens (including phenoxy) is 1. The van der Waals surface area contributed by atoms with E-state index in [1.165, 1.54) is 24.3 Å². The molecule has 0 amide bonds. The van der Waals surface area contributed by atoms with Crippen molar-refractivity contribution >= 4 is 16.7 Å². The van der Waals surface area contributed by atoms with Gasteiger partial charge >= 0.3 is 5.97 Å². The van der Waals surface area contributed by atoms with Gasteiger partial charge in [-0.25, -0.2) is 13.6 Å². The fourth-order valence-electron chi connectivity index (χ4n) is 2.86. The van der Waals surface area contributed by atoms with E-state index in [4.69, 9.17) is 4.74 Å². The molecule has 0 spiro atoms. The van der Waals surface area contributed by atoms with Crippen LogP contribution in [0.3, 0.4) is 0 Å². The van der Waals surface area contributed by atoms with Gasteiger partial charge in [0.25, 0.3) is 0 Å². The van der Waals surface area contributed by atoms with Crippen LogP contribution in [0.25, 0.3) is 10.8 Å². The molecule has 3 rings (SSSR count). The second-order valence-electron chi connectivity index (χ2n) is 6.32. The third-order valence-electron chi connectivity index (χ3n) is 4.31. The van der Waals surface area contributed by atoms with Crippen molar-refractivity contribution in [3.63, 3.8) is 0 Å². The number of benzene rings is 3. The van der Waals surface area contributed by atoms with Crippen LogP contribution in [0.4, 0.5) is 8.78 Å². The molecular formula is C22H20F2O2. The second kappa shape index (κ2) is 8.09. The Balaban J connectivity index is 1.74. The largest absolute Gasteiger partial charge is 0.420 e. The number of aryl methyl sites for hydroxylation is 1. The summed E-state index contributed by atoms with van der Waals surface area (Å²) >= 11 is 0. The maximum Gasteiger partial charge on any atom is 0.343 e. The lowest BCUT2D eigenvalue weighted by molar-refractivity contribution is 0.0728. The summed E-state index contributed by atoms with van der Waals surface area (Å²) in [5, 5.41) is 1.40. The lowest BCUT2D eigenvalue weighted by Gasteiger charge is -2.08. The quantitative estimate of drug-likeness (QED) is 0.305. The standard InChI is InChI=1S/C22H20F2O2/c1-2-3-4-5-15-6-11-21(20(24)12-15)26-22(25)18-8-7-17-14-19(23)10-9-16(17)13-18/h6-14H,2-5H2,1H3. The highest BCUT2D eigenvalue weighted by molar-refractivity contribution is 5.96. The first kappa shape index (κ1) is 18.1. The van der Waals surface area contributed by atoms with Gasteiger partial charge < -0.3 is 4.74 Å². The van der Waals surface area contributed by atoms with Gasteiger partial charge in [0.1, 0.15) is 5.82 Å². The average Bonchev–Trinajstić information content (AvgIpc) is 2.63. The van der Waals surface area contributed by atoms with Crippen LogP contribution in [-0.2, 0) is 6.42 Å². The van der Waals surface area contributed by atoms with E-state index in [0.717, 1.165) is 31.2 Å². The number of unbranched alkanes of at least 4 members (excludes halogenated alkanes) is 2. The first-order valence-corrected chi connectivity index (χ1v) is 8.77. The number of fused-ring (bicyclic) bond motifs is 1. The lowest BCUT2D eigenvalue weighted by atomic mass is 10.1. The zero-order valence-corrected chi connectivity index (χ0v) is 14.6. The summed E-state index contributed by atoms with van der Waals surface area (Å²) in [6.07, 6.45) is 4.02. The molecule has 2 nitrogen and oxygen atoms in total. The predicted octanol–water partition coefficient (Wildman–Crippen LogP) is 6.07. The van der Waals surface area contributed by atoms with Crippen molar-refractivity contribution in [3.05, 3.63) is 77.4 Å². The summed E-state index contributed by atoms with van der Waals surface area (Å²) in [5.74, 6) is -1.62. The number of hydrogen-bond acceptors (Lipinski definition) is 2. The van der Waals surface area contributed by atoms with Gasteiger partial charge in [0.15, 0.2) is 11.6 Å². The molecule has 3 aromatic carbocycles. The van der Waals surface area contributed by atoms with Crippen LogP contribution < -0.4 is 4.74 Å². The molecule has 0 aliphatic carbocycles. The van der Waals surface area contributed by atoms with Crippen LogP contribution in [0.2, 0.25) is 0 Å². The minimum atomic E-state index is -0.645. The molecule has 0 heterocycles. The minimum absolute atomic E-state index is 0.0894. The highest BCUT2D eigenvalue weighted by atomic mass is 19.1. The molecule has 4 heteroatoms. The average molecular weight is 354 g/mol. The van der Waals surface area contributed by atoms with Crippen LogP contribution in [0.5, 0.6) is 5.75 Å². The smallest absolute Gasteiger partial charge is 0.343 e. The van der Waals surface area contributed by atoms with Gasteiger partial charge in [0.2, 0.25) is 0 Å². The Morgan fingerprint density at radius 2 is 1.69 bits per heavy atom. The van der Waals surface area contributed by atoms with E-state index in [2.05, 4.69) is 6.92 Å². The van der Waals surface area contributed by atoms with Crippen molar-refractivity contribution in [1.82, 2.24) is 0 Å². The Kier molecular flexibility index (Phi) is 5.61. The number of halogens is 2. The highest BCUT2D eigenvalue weighted by Crippen LogP contribution is 2.22. The van der Waals surface area contributed by atoms with Gasteiger partial charge in [0, 0.05) is 0 Å². The molecule has 0 aliphatic heterocycles. The molecule has 0 N–H and O–H groups in total. The first-order chi connectivity index (χ1) is 12.6. The Bertz CT molecular complexity index is 935. The van der Waals surface area contributed by atoms with Crippen LogP contribution in [0, 0.1) is 11.6 Å². The molecule has 0 atom stereocenters. The summed E-state index contributed by atoms with van der Waals surface area (Å²) in [6, 6.07) is 13.8. The van der Waals surface area contributed by atoms with Crippen LogP contribution in [0.1, 0.15) is 42.1 Å². The Hall–Kier alpha value is -2.75. The topological polar surface area (TPSA) is 26.3 Å². The maximum atomic E-state index is 14.2. The first-order valence-electron chi connectivity index (χ1n) is 8.77. The summed E-state index contributed by atoms with van der Waals surface area (Å²) in [6.45, 7) is 2.12. The molecule has 0 radical (unpaired) electrons. The molecule has 26 heavy (non-hydrogen) atoms. The molecular weight excluding hydrogens is 334 g/mol. The Morgan fingerprint density at radius 1 is 0.923 bits per heavy atom. The van der Waals surface area contributed by atoms with Crippen molar-refractivity contribution in [2.75, 3.05) is 0 Å². The van der Waals surface area contributed by atoms with Crippen LogP contribution >= 0.6 is 0 Å². The molecule has 0 saturated carbocycles. The van der Waals surface area contributed by atoms with E-state index in [9.17, 15) is 13.6 Å². The van der Waals surface area contributed by atoms with Gasteiger partial charge in [-0.3, -0.25) is 0 Å². The van der Waals surface area contributed by atoms with Gasteiger partial charge in [-0.05, 0) is 65.6 Å². The Morgan fingerprint density at radius 3 is 2.46 bits per heavy atom. The summed E-state index contributed by atoms with van der Waals surface area (Å²) in [5.41, 5.74) is 1.18. The normalized spacial score (nSPS) is 10.9. The van der Waals surface area contributed by atoms with E-state index in [-0.39, 0.29) is 17.1 Å². The summed E-state index contributed by atoms with van der Waals surface area (Å²) < 4.78 is 32.6. The number of carbonyl (C=O) groups excluding carboxylic acids is 1. The van der Waals surface area contributed by atoms with Gasteiger partial charge in [-0.1, -0.05) is 38.0 Å². The summed E-state index contributed by atoms with van der Waals surface area (Å²) in [7, 11) is 0. The van der Waals surface area contributed by atoms with Crippen molar-refractivity contribution < 1.29 is 18.3 Å². The van der Waals surface area contributed by atoms with Crippen LogP contribution in [-0.4, -0.2) is 5.97 Å². The van der Waals surface area contributed by atoms with Gasteiger partial charge in [-0.15, -0.1) is 0 Å². The van der Waals surface area contributed by atoms with Crippen molar-refractivity contribution in [3.8, 4) is 5.75 Å².